The van der Waals surface area contributed by atoms with Crippen molar-refractivity contribution in [1.29, 1.82) is 5.41 Å². The van der Waals surface area contributed by atoms with Crippen LogP contribution in [0.25, 0.3) is 0 Å². The molecule has 40 heavy (non-hydrogen) atoms. The van der Waals surface area contributed by atoms with E-state index in [2.05, 4.69) is 51.4 Å². The van der Waals surface area contributed by atoms with Crippen molar-refractivity contribution < 1.29 is 19.1 Å². The number of carbonyl (C=O) groups excluding carboxylic acids is 2. The third kappa shape index (κ3) is 5.08. The average Bonchev–Trinajstić information content (AvgIpc) is 3.54. The summed E-state index contributed by atoms with van der Waals surface area (Å²) in [5, 5.41) is 22.1. The van der Waals surface area contributed by atoms with Crippen LogP contribution in [0.4, 0.5) is 5.69 Å². The fourth-order valence-electron chi connectivity index (χ4n) is 5.00. The summed E-state index contributed by atoms with van der Waals surface area (Å²) in [4.78, 5) is 34.4. The number of nitrogens with one attached hydrogen (secondary N) is 3. The highest BCUT2D eigenvalue weighted by atomic mass is 16.5. The van der Waals surface area contributed by atoms with Gasteiger partial charge in [-0.15, -0.1) is 0 Å². The zero-order valence-corrected chi connectivity index (χ0v) is 23.4. The summed E-state index contributed by atoms with van der Waals surface area (Å²) in [5.41, 5.74) is 4.07. The minimum atomic E-state index is -0.394. The zero-order valence-electron chi connectivity index (χ0n) is 23.4. The number of aromatic nitrogens is 4. The molecule has 0 unspecified atom stereocenters. The molecule has 4 heterocycles. The van der Waals surface area contributed by atoms with Crippen LogP contribution in [0.2, 0.25) is 0 Å². The molecule has 1 amide bonds. The van der Waals surface area contributed by atoms with Crippen LogP contribution in [0, 0.1) is 5.41 Å². The monoisotopic (exact) mass is 546 g/mol. The van der Waals surface area contributed by atoms with Crippen LogP contribution < -0.4 is 19.7 Å². The summed E-state index contributed by atoms with van der Waals surface area (Å²) in [6, 6.07) is 5.52. The SMILES string of the molecule is CCOc1cc2c(nc1C(=O)NC)C(=N)N(CC(=O)c1cc3c(c(C(C)(C)C)c1)OCCN3Cc1cn[nH]n1)C2. The molecule has 0 bridgehead atoms. The molecule has 3 N–H and O–H groups in total. The third-order valence-electron chi connectivity index (χ3n) is 7.01. The number of hydrogen-bond donors (Lipinski definition) is 3. The van der Waals surface area contributed by atoms with Crippen LogP contribution in [0.1, 0.15) is 71.1 Å². The second kappa shape index (κ2) is 10.6. The molecule has 0 saturated heterocycles. The standard InChI is InChI=1S/C28H34N8O4/c1-6-39-22-11-17-13-36(26(29)23(17)32-24(22)27(38)30-5)15-21(37)16-9-19(28(2,3)4)25-20(10-16)35(7-8-40-25)14-18-12-31-34-33-18/h9-12,29H,6-8,13-15H2,1-5H3,(H,30,38)(H,31,33,34). The Morgan fingerprint density at radius 3 is 2.70 bits per heavy atom. The van der Waals surface area contributed by atoms with E-state index in [0.29, 0.717) is 49.9 Å². The van der Waals surface area contributed by atoms with Gasteiger partial charge in [-0.1, -0.05) is 20.8 Å². The molecule has 12 nitrogen and oxygen atoms in total. The molecular weight excluding hydrogens is 512 g/mol. The number of amidine groups is 1. The summed E-state index contributed by atoms with van der Waals surface area (Å²) in [5.74, 6) is 0.707. The van der Waals surface area contributed by atoms with Gasteiger partial charge >= 0.3 is 0 Å². The number of nitrogens with zero attached hydrogens (tertiary/aromatic N) is 5. The van der Waals surface area contributed by atoms with Crippen LogP contribution in [-0.2, 0) is 18.5 Å². The highest BCUT2D eigenvalue weighted by Crippen LogP contribution is 2.42. The Kier molecular flexibility index (Phi) is 7.17. The second-order valence-electron chi connectivity index (χ2n) is 10.8. The molecule has 0 fully saturated rings. The number of aromatic amines is 1. The van der Waals surface area contributed by atoms with E-state index in [1.165, 1.54) is 7.05 Å². The fraction of sp³-hybridized carbons (Fsp3) is 0.429. The summed E-state index contributed by atoms with van der Waals surface area (Å²) >= 11 is 0. The number of Topliss-reactive ketones (excluding diaryl/α,β-unsaturated/α-hetero) is 1. The molecule has 0 atom stereocenters. The third-order valence-corrected chi connectivity index (χ3v) is 7.01. The number of H-pyrrole nitrogens is 1. The zero-order chi connectivity index (χ0) is 28.6. The van der Waals surface area contributed by atoms with Gasteiger partial charge in [-0.05, 0) is 30.5 Å². The molecule has 1 aromatic carbocycles. The predicted octanol–water partition coefficient (Wildman–Crippen LogP) is 2.68. The lowest BCUT2D eigenvalue weighted by atomic mass is 9.84. The second-order valence-corrected chi connectivity index (χ2v) is 10.8. The molecular formula is C28H34N8O4. The number of ether oxygens (including phenoxy) is 2. The molecule has 0 spiro atoms. The highest BCUT2D eigenvalue weighted by Gasteiger charge is 2.33. The quantitative estimate of drug-likeness (QED) is 0.363. The fourth-order valence-corrected chi connectivity index (χ4v) is 5.00. The summed E-state index contributed by atoms with van der Waals surface area (Å²) in [7, 11) is 1.52. The van der Waals surface area contributed by atoms with Gasteiger partial charge in [0.1, 0.15) is 29.6 Å². The van der Waals surface area contributed by atoms with Gasteiger partial charge < -0.3 is 24.6 Å². The van der Waals surface area contributed by atoms with E-state index in [0.717, 1.165) is 28.3 Å². The molecule has 0 radical (unpaired) electrons. The Balaban J connectivity index is 1.45. The first-order valence-electron chi connectivity index (χ1n) is 13.3. The van der Waals surface area contributed by atoms with Crippen LogP contribution >= 0.6 is 0 Å². The molecule has 0 saturated carbocycles. The average molecular weight is 547 g/mol. The van der Waals surface area contributed by atoms with E-state index in [1.807, 2.05) is 19.1 Å². The molecule has 2 aromatic heterocycles. The van der Waals surface area contributed by atoms with Crippen LogP contribution in [0.5, 0.6) is 11.5 Å². The lowest BCUT2D eigenvalue weighted by Gasteiger charge is -2.35. The van der Waals surface area contributed by atoms with Crippen molar-refractivity contribution in [3.63, 3.8) is 0 Å². The summed E-state index contributed by atoms with van der Waals surface area (Å²) in [6.07, 6.45) is 1.69. The van der Waals surface area contributed by atoms with Crippen molar-refractivity contribution in [2.24, 2.45) is 0 Å². The Morgan fingerprint density at radius 2 is 2.02 bits per heavy atom. The summed E-state index contributed by atoms with van der Waals surface area (Å²) in [6.45, 7) is 10.5. The number of rotatable bonds is 8. The van der Waals surface area contributed by atoms with Crippen molar-refractivity contribution in [3.8, 4) is 11.5 Å². The number of fused-ring (bicyclic) bond motifs is 2. The van der Waals surface area contributed by atoms with Crippen molar-refractivity contribution in [1.82, 2.24) is 30.6 Å². The molecule has 2 aliphatic heterocycles. The van der Waals surface area contributed by atoms with E-state index < -0.39 is 5.91 Å². The maximum Gasteiger partial charge on any atom is 0.273 e. The normalized spacial score (nSPS) is 14.5. The highest BCUT2D eigenvalue weighted by molar-refractivity contribution is 6.06. The molecule has 0 aliphatic carbocycles. The van der Waals surface area contributed by atoms with Crippen LogP contribution in [-0.4, -0.2) is 76.2 Å². The molecule has 3 aromatic rings. The largest absolute Gasteiger partial charge is 0.491 e. The van der Waals surface area contributed by atoms with Gasteiger partial charge in [0.25, 0.3) is 5.91 Å². The first kappa shape index (κ1) is 27.1. The van der Waals surface area contributed by atoms with Crippen molar-refractivity contribution in [3.05, 3.63) is 58.2 Å². The minimum absolute atomic E-state index is 0.0129. The Morgan fingerprint density at radius 1 is 1.23 bits per heavy atom. The number of benzene rings is 1. The number of pyridine rings is 1. The van der Waals surface area contributed by atoms with E-state index in [1.54, 1.807) is 17.2 Å². The van der Waals surface area contributed by atoms with Gasteiger partial charge in [0.05, 0.1) is 38.1 Å². The molecule has 5 rings (SSSR count). The first-order chi connectivity index (χ1) is 19.1. The maximum absolute atomic E-state index is 13.7. The van der Waals surface area contributed by atoms with Gasteiger partial charge in [-0.25, -0.2) is 4.98 Å². The minimum Gasteiger partial charge on any atom is -0.491 e. The lowest BCUT2D eigenvalue weighted by molar-refractivity contribution is 0.0949. The van der Waals surface area contributed by atoms with Gasteiger partial charge in [-0.2, -0.15) is 15.4 Å². The number of amides is 1. The first-order valence-corrected chi connectivity index (χ1v) is 13.3. The molecule has 2 aliphatic rings. The lowest BCUT2D eigenvalue weighted by Crippen LogP contribution is -2.35. The van der Waals surface area contributed by atoms with Gasteiger partial charge in [0.2, 0.25) is 0 Å². The predicted molar refractivity (Wildman–Crippen MR) is 148 cm³/mol. The molecule has 210 valence electrons. The smallest absolute Gasteiger partial charge is 0.273 e. The van der Waals surface area contributed by atoms with Crippen molar-refractivity contribution >= 4 is 23.2 Å². The number of carbonyl (C=O) groups is 2. The van der Waals surface area contributed by atoms with Crippen molar-refractivity contribution in [2.75, 3.05) is 38.3 Å². The van der Waals surface area contributed by atoms with Gasteiger partial charge in [-0.3, -0.25) is 15.0 Å². The van der Waals surface area contributed by atoms with E-state index in [4.69, 9.17) is 14.9 Å². The molecule has 12 heteroatoms. The van der Waals surface area contributed by atoms with Gasteiger partial charge in [0.15, 0.2) is 17.2 Å². The maximum atomic E-state index is 13.7. The number of anilines is 1. The van der Waals surface area contributed by atoms with Crippen LogP contribution in [0.15, 0.2) is 24.4 Å². The number of hydrogen-bond acceptors (Lipinski definition) is 9. The van der Waals surface area contributed by atoms with Crippen LogP contribution in [0.3, 0.4) is 0 Å². The number of ketones is 1. The Hall–Kier alpha value is -4.48. The Bertz CT molecular complexity index is 1460. The van der Waals surface area contributed by atoms with E-state index >= 15 is 0 Å². The van der Waals surface area contributed by atoms with Gasteiger partial charge in [0, 0.05) is 30.3 Å². The van der Waals surface area contributed by atoms with Crippen molar-refractivity contribution in [2.45, 2.75) is 46.2 Å². The Labute approximate surface area is 232 Å². The topological polar surface area (TPSA) is 149 Å². The summed E-state index contributed by atoms with van der Waals surface area (Å²) < 4.78 is 11.8. The van der Waals surface area contributed by atoms with E-state index in [9.17, 15) is 9.59 Å². The van der Waals surface area contributed by atoms with E-state index in [-0.39, 0.29) is 29.3 Å².